The van der Waals surface area contributed by atoms with Gasteiger partial charge in [-0.25, -0.2) is 4.39 Å². The van der Waals surface area contributed by atoms with E-state index in [1.54, 1.807) is 6.92 Å². The molecular formula is C18H13ClFN3O5. The third kappa shape index (κ3) is 4.26. The van der Waals surface area contributed by atoms with Crippen molar-refractivity contribution in [3.63, 3.8) is 0 Å². The first-order chi connectivity index (χ1) is 13.3. The monoisotopic (exact) mass is 405 g/mol. The number of aryl methyl sites for hydroxylation is 1. The average molecular weight is 406 g/mol. The topological polar surface area (TPSA) is 108 Å². The number of non-ortho nitro benzene ring substituents is 1. The van der Waals surface area contributed by atoms with Gasteiger partial charge in [-0.15, -0.1) is 0 Å². The molecule has 0 bridgehead atoms. The molecule has 3 aromatic rings. The van der Waals surface area contributed by atoms with Crippen LogP contribution in [-0.2, 0) is 6.61 Å². The molecule has 0 saturated carbocycles. The molecule has 1 aromatic heterocycles. The van der Waals surface area contributed by atoms with Crippen LogP contribution in [-0.4, -0.2) is 16.0 Å². The summed E-state index contributed by atoms with van der Waals surface area (Å²) in [7, 11) is 0. The third-order valence-corrected chi connectivity index (χ3v) is 4.12. The summed E-state index contributed by atoms with van der Waals surface area (Å²) in [4.78, 5) is 22.7. The Labute approximate surface area is 163 Å². The highest BCUT2D eigenvalue weighted by Crippen LogP contribution is 2.27. The number of nitrogens with one attached hydrogen (secondary N) is 1. The van der Waals surface area contributed by atoms with Crippen LogP contribution in [0.4, 0.5) is 15.8 Å². The van der Waals surface area contributed by atoms with Crippen LogP contribution >= 0.6 is 11.6 Å². The van der Waals surface area contributed by atoms with Crippen molar-refractivity contribution in [2.24, 2.45) is 0 Å². The average Bonchev–Trinajstić information content (AvgIpc) is 3.03. The normalized spacial score (nSPS) is 10.5. The highest BCUT2D eigenvalue weighted by Gasteiger charge is 2.22. The van der Waals surface area contributed by atoms with Gasteiger partial charge in [0, 0.05) is 12.1 Å². The quantitative estimate of drug-likeness (QED) is 0.477. The number of ether oxygens (including phenoxy) is 1. The van der Waals surface area contributed by atoms with Crippen molar-refractivity contribution in [2.75, 3.05) is 5.32 Å². The van der Waals surface area contributed by atoms with Crippen LogP contribution in [0.2, 0.25) is 5.02 Å². The van der Waals surface area contributed by atoms with Crippen molar-refractivity contribution in [3.05, 3.63) is 80.4 Å². The molecule has 0 radical (unpaired) electrons. The Morgan fingerprint density at radius 1 is 1.32 bits per heavy atom. The van der Waals surface area contributed by atoms with Gasteiger partial charge >= 0.3 is 0 Å². The second kappa shape index (κ2) is 8.05. The van der Waals surface area contributed by atoms with E-state index in [2.05, 4.69) is 10.5 Å². The number of carbonyl (C=O) groups is 1. The van der Waals surface area contributed by atoms with Crippen molar-refractivity contribution >= 4 is 28.9 Å². The first kappa shape index (κ1) is 19.3. The van der Waals surface area contributed by atoms with Crippen LogP contribution < -0.4 is 10.1 Å². The Hall–Kier alpha value is -3.46. The van der Waals surface area contributed by atoms with Gasteiger partial charge in [-0.3, -0.25) is 14.9 Å². The molecular weight excluding hydrogens is 393 g/mol. The van der Waals surface area contributed by atoms with E-state index in [0.29, 0.717) is 17.1 Å². The molecule has 0 saturated heterocycles. The van der Waals surface area contributed by atoms with Crippen LogP contribution in [0.15, 0.2) is 47.0 Å². The Balaban J connectivity index is 1.76. The van der Waals surface area contributed by atoms with E-state index < -0.39 is 16.6 Å². The van der Waals surface area contributed by atoms with Gasteiger partial charge in [-0.1, -0.05) is 16.8 Å². The zero-order chi connectivity index (χ0) is 20.3. The van der Waals surface area contributed by atoms with Gasteiger partial charge in [-0.2, -0.15) is 0 Å². The molecule has 8 nitrogen and oxygen atoms in total. The second-order valence-electron chi connectivity index (χ2n) is 5.68. The highest BCUT2D eigenvalue weighted by molar-refractivity contribution is 6.34. The minimum Gasteiger partial charge on any atom is -0.489 e. The fourth-order valence-corrected chi connectivity index (χ4v) is 2.55. The van der Waals surface area contributed by atoms with Gasteiger partial charge in [0.05, 0.1) is 21.2 Å². The van der Waals surface area contributed by atoms with Crippen LogP contribution in [0.5, 0.6) is 5.75 Å². The minimum atomic E-state index is -0.620. The van der Waals surface area contributed by atoms with Crippen LogP contribution in [0.3, 0.4) is 0 Å². The first-order valence-electron chi connectivity index (χ1n) is 7.94. The second-order valence-corrected chi connectivity index (χ2v) is 6.09. The Morgan fingerprint density at radius 2 is 2.04 bits per heavy atom. The number of nitrogens with zero attached hydrogens (tertiary/aromatic N) is 2. The number of rotatable bonds is 6. The van der Waals surface area contributed by atoms with Gasteiger partial charge in [0.1, 0.15) is 23.9 Å². The van der Waals surface area contributed by atoms with Gasteiger partial charge in [0.25, 0.3) is 11.6 Å². The molecule has 0 aliphatic heterocycles. The number of anilines is 1. The number of benzene rings is 2. The van der Waals surface area contributed by atoms with E-state index in [-0.39, 0.29) is 28.7 Å². The lowest BCUT2D eigenvalue weighted by Crippen LogP contribution is -2.15. The third-order valence-electron chi connectivity index (χ3n) is 3.81. The van der Waals surface area contributed by atoms with Crippen molar-refractivity contribution in [1.82, 2.24) is 5.16 Å². The number of amides is 1. The van der Waals surface area contributed by atoms with Gasteiger partial charge in [0.2, 0.25) is 0 Å². The Kier molecular flexibility index (Phi) is 5.55. The van der Waals surface area contributed by atoms with E-state index in [1.165, 1.54) is 36.4 Å². The molecule has 0 fully saturated rings. The molecule has 0 spiro atoms. The van der Waals surface area contributed by atoms with Crippen LogP contribution in [0.25, 0.3) is 0 Å². The number of nitro benzene ring substituents is 1. The van der Waals surface area contributed by atoms with Gasteiger partial charge < -0.3 is 14.6 Å². The van der Waals surface area contributed by atoms with Crippen molar-refractivity contribution in [3.8, 4) is 5.75 Å². The van der Waals surface area contributed by atoms with Gasteiger partial charge in [0.15, 0.2) is 5.69 Å². The van der Waals surface area contributed by atoms with E-state index in [4.69, 9.17) is 20.9 Å². The summed E-state index contributed by atoms with van der Waals surface area (Å²) in [6, 6.07) is 9.07. The molecule has 28 heavy (non-hydrogen) atoms. The molecule has 1 amide bonds. The summed E-state index contributed by atoms with van der Waals surface area (Å²) in [6.45, 7) is 1.59. The van der Waals surface area contributed by atoms with Crippen LogP contribution in [0.1, 0.15) is 21.8 Å². The molecule has 2 aromatic carbocycles. The Morgan fingerprint density at radius 3 is 2.68 bits per heavy atom. The molecule has 0 aliphatic rings. The SMILES string of the molecule is Cc1onc(C(=O)Nc2ccc([N+](=O)[O-])cc2Cl)c1COc1ccc(F)cc1. The number of hydrogen-bond donors (Lipinski definition) is 1. The predicted molar refractivity (Wildman–Crippen MR) is 98.0 cm³/mol. The molecule has 0 atom stereocenters. The van der Waals surface area contributed by atoms with E-state index in [1.807, 2.05) is 0 Å². The standard InChI is InChI=1S/C18H13ClFN3O5/c1-10-14(9-27-13-5-2-11(20)3-6-13)17(22-28-10)18(24)21-16-7-4-12(23(25)26)8-15(16)19/h2-8H,9H2,1H3,(H,21,24). The number of nitro groups is 1. The molecule has 0 unspecified atom stereocenters. The highest BCUT2D eigenvalue weighted by atomic mass is 35.5. The van der Waals surface area contributed by atoms with Crippen molar-refractivity contribution < 1.29 is 23.4 Å². The zero-order valence-electron chi connectivity index (χ0n) is 14.4. The van der Waals surface area contributed by atoms with Crippen molar-refractivity contribution in [1.29, 1.82) is 0 Å². The smallest absolute Gasteiger partial charge is 0.278 e. The largest absolute Gasteiger partial charge is 0.489 e. The molecule has 1 heterocycles. The summed E-state index contributed by atoms with van der Waals surface area (Å²) in [5.74, 6) is -0.229. The maximum atomic E-state index is 13.0. The number of hydrogen-bond acceptors (Lipinski definition) is 6. The lowest BCUT2D eigenvalue weighted by Gasteiger charge is -2.08. The van der Waals surface area contributed by atoms with Crippen LogP contribution in [0, 0.1) is 22.9 Å². The maximum absolute atomic E-state index is 13.0. The summed E-state index contributed by atoms with van der Waals surface area (Å²) in [6.07, 6.45) is 0. The zero-order valence-corrected chi connectivity index (χ0v) is 15.2. The number of aromatic nitrogens is 1. The van der Waals surface area contributed by atoms with E-state index >= 15 is 0 Å². The lowest BCUT2D eigenvalue weighted by molar-refractivity contribution is -0.384. The molecule has 10 heteroatoms. The van der Waals surface area contributed by atoms with Crippen molar-refractivity contribution in [2.45, 2.75) is 13.5 Å². The molecule has 1 N–H and O–H groups in total. The molecule has 144 valence electrons. The number of halogens is 2. The van der Waals surface area contributed by atoms with E-state index in [0.717, 1.165) is 6.07 Å². The number of carbonyl (C=O) groups excluding carboxylic acids is 1. The summed E-state index contributed by atoms with van der Waals surface area (Å²) >= 11 is 5.99. The summed E-state index contributed by atoms with van der Waals surface area (Å²) in [5.41, 5.74) is 0.367. The summed E-state index contributed by atoms with van der Waals surface area (Å²) in [5, 5.41) is 17.0. The molecule has 3 rings (SSSR count). The minimum absolute atomic E-state index is 0.00637. The van der Waals surface area contributed by atoms with Gasteiger partial charge in [-0.05, 0) is 37.3 Å². The lowest BCUT2D eigenvalue weighted by atomic mass is 10.2. The fraction of sp³-hybridized carbons (Fsp3) is 0.111. The fourth-order valence-electron chi connectivity index (χ4n) is 2.33. The predicted octanol–water partition coefficient (Wildman–Crippen LogP) is 4.52. The van der Waals surface area contributed by atoms with E-state index in [9.17, 15) is 19.3 Å². The summed E-state index contributed by atoms with van der Waals surface area (Å²) < 4.78 is 23.6. The first-order valence-corrected chi connectivity index (χ1v) is 8.31. The Bertz CT molecular complexity index is 1040. The maximum Gasteiger partial charge on any atom is 0.278 e. The molecule has 0 aliphatic carbocycles.